The monoisotopic (exact) mass is 465 g/mol. The highest BCUT2D eigenvalue weighted by Crippen LogP contribution is 2.36. The Bertz CT molecular complexity index is 1090. The molecule has 0 aliphatic carbocycles. The largest absolute Gasteiger partial charge is 0.481 e. The van der Waals surface area contributed by atoms with Gasteiger partial charge in [-0.15, -0.1) is 0 Å². The maximum absolute atomic E-state index is 12.4. The summed E-state index contributed by atoms with van der Waals surface area (Å²) in [6, 6.07) is 17.8. The second kappa shape index (κ2) is 10.5. The Kier molecular flexibility index (Phi) is 7.24. The molecule has 0 atom stereocenters. The van der Waals surface area contributed by atoms with Crippen LogP contribution in [0.2, 0.25) is 0 Å². The molecule has 0 bridgehead atoms. The van der Waals surface area contributed by atoms with Crippen molar-refractivity contribution in [2.75, 3.05) is 23.3 Å². The van der Waals surface area contributed by atoms with Gasteiger partial charge in [0.1, 0.15) is 6.61 Å². The Morgan fingerprint density at radius 2 is 1.82 bits per heavy atom. The van der Waals surface area contributed by atoms with Crippen LogP contribution in [-0.2, 0) is 16.1 Å². The summed E-state index contributed by atoms with van der Waals surface area (Å²) < 4.78 is 9.78. The molecule has 7 nitrogen and oxygen atoms in total. The molecule has 0 unspecified atom stereocenters. The molecule has 3 aromatic rings. The highest BCUT2D eigenvalue weighted by atomic mass is 32.1. The zero-order valence-electron chi connectivity index (χ0n) is 18.5. The predicted octanol–water partition coefficient (Wildman–Crippen LogP) is 5.56. The summed E-state index contributed by atoms with van der Waals surface area (Å²) >= 11 is 1.34. The first-order valence-corrected chi connectivity index (χ1v) is 11.8. The number of aryl methyl sites for hydroxylation is 1. The maximum Gasteiger partial charge on any atom is 0.412 e. The fourth-order valence-corrected chi connectivity index (χ4v) is 4.89. The molecule has 1 aromatic heterocycles. The summed E-state index contributed by atoms with van der Waals surface area (Å²) in [5.41, 5.74) is 4.43. The number of hydrogen-bond acceptors (Lipinski definition) is 6. The molecule has 4 rings (SSSR count). The fourth-order valence-electron chi connectivity index (χ4n) is 4.04. The number of carbonyl (C=O) groups is 2. The van der Waals surface area contributed by atoms with E-state index in [2.05, 4.69) is 26.7 Å². The first kappa shape index (κ1) is 22.8. The predicted molar refractivity (Wildman–Crippen MR) is 130 cm³/mol. The standard InChI is InChI=1S/C25H27N3O4S/c1-17-23(26-25(31)32-16-19-5-3-2-4-6-19)24(33-27-17)20-7-9-21(10-8-20)28-13-11-18(12-14-28)15-22(29)30/h2-10,18H,11-16H2,1H3,(H,26,31)(H,29,30). The van der Waals surface area contributed by atoms with Crippen molar-refractivity contribution in [3.05, 3.63) is 65.9 Å². The number of benzene rings is 2. The topological polar surface area (TPSA) is 91.8 Å². The van der Waals surface area contributed by atoms with Gasteiger partial charge < -0.3 is 14.7 Å². The molecule has 0 saturated carbocycles. The highest BCUT2D eigenvalue weighted by molar-refractivity contribution is 7.10. The first-order valence-electron chi connectivity index (χ1n) is 11.0. The van der Waals surface area contributed by atoms with E-state index in [4.69, 9.17) is 9.84 Å². The van der Waals surface area contributed by atoms with Crippen LogP contribution < -0.4 is 10.2 Å². The zero-order valence-corrected chi connectivity index (χ0v) is 19.3. The molecular weight excluding hydrogens is 438 g/mol. The minimum Gasteiger partial charge on any atom is -0.481 e. The third-order valence-electron chi connectivity index (χ3n) is 5.88. The lowest BCUT2D eigenvalue weighted by Crippen LogP contribution is -2.34. The Morgan fingerprint density at radius 3 is 2.48 bits per heavy atom. The number of piperidine rings is 1. The number of nitrogens with one attached hydrogen (secondary N) is 1. The smallest absolute Gasteiger partial charge is 0.412 e. The van der Waals surface area contributed by atoms with Gasteiger partial charge in [0.2, 0.25) is 0 Å². The van der Waals surface area contributed by atoms with Crippen molar-refractivity contribution in [3.63, 3.8) is 0 Å². The molecule has 2 N–H and O–H groups in total. The van der Waals surface area contributed by atoms with Crippen molar-refractivity contribution >= 4 is 35.0 Å². The van der Waals surface area contributed by atoms with Crippen LogP contribution in [0.3, 0.4) is 0 Å². The van der Waals surface area contributed by atoms with Crippen LogP contribution in [0.1, 0.15) is 30.5 Å². The highest BCUT2D eigenvalue weighted by Gasteiger charge is 2.22. The van der Waals surface area contributed by atoms with E-state index in [0.29, 0.717) is 5.69 Å². The van der Waals surface area contributed by atoms with Crippen LogP contribution in [-0.4, -0.2) is 34.6 Å². The Balaban J connectivity index is 1.38. The molecule has 2 heterocycles. The number of anilines is 2. The van der Waals surface area contributed by atoms with E-state index in [1.807, 2.05) is 49.4 Å². The van der Waals surface area contributed by atoms with Gasteiger partial charge in [0.25, 0.3) is 0 Å². The molecular formula is C25H27N3O4S. The zero-order chi connectivity index (χ0) is 23.2. The van der Waals surface area contributed by atoms with Gasteiger partial charge in [0, 0.05) is 25.2 Å². The molecule has 1 aliphatic heterocycles. The molecule has 1 fully saturated rings. The number of carbonyl (C=O) groups excluding carboxylic acids is 1. The van der Waals surface area contributed by atoms with Crippen LogP contribution >= 0.6 is 11.5 Å². The van der Waals surface area contributed by atoms with Gasteiger partial charge in [-0.3, -0.25) is 10.1 Å². The van der Waals surface area contributed by atoms with Gasteiger partial charge in [-0.2, -0.15) is 4.37 Å². The summed E-state index contributed by atoms with van der Waals surface area (Å²) in [7, 11) is 0. The summed E-state index contributed by atoms with van der Waals surface area (Å²) in [4.78, 5) is 26.5. The van der Waals surface area contributed by atoms with Crippen LogP contribution in [0.5, 0.6) is 0 Å². The van der Waals surface area contributed by atoms with Gasteiger partial charge >= 0.3 is 12.1 Å². The van der Waals surface area contributed by atoms with E-state index in [0.717, 1.165) is 53.3 Å². The number of carboxylic acid groups (broad SMARTS) is 1. The lowest BCUT2D eigenvalue weighted by atomic mass is 9.93. The van der Waals surface area contributed by atoms with Crippen molar-refractivity contribution in [2.45, 2.75) is 32.8 Å². The van der Waals surface area contributed by atoms with Crippen LogP contribution in [0.4, 0.5) is 16.2 Å². The number of amides is 1. The van der Waals surface area contributed by atoms with Gasteiger partial charge in [0.05, 0.1) is 16.3 Å². The van der Waals surface area contributed by atoms with Crippen molar-refractivity contribution in [3.8, 4) is 10.4 Å². The normalized spacial score (nSPS) is 14.2. The molecule has 2 aromatic carbocycles. The lowest BCUT2D eigenvalue weighted by molar-refractivity contribution is -0.138. The molecule has 8 heteroatoms. The van der Waals surface area contributed by atoms with E-state index in [-0.39, 0.29) is 18.9 Å². The van der Waals surface area contributed by atoms with Crippen LogP contribution in [0.15, 0.2) is 54.6 Å². The third kappa shape index (κ3) is 5.90. The molecule has 1 amide bonds. The lowest BCUT2D eigenvalue weighted by Gasteiger charge is -2.33. The maximum atomic E-state index is 12.4. The third-order valence-corrected chi connectivity index (χ3v) is 6.86. The molecule has 0 spiro atoms. The number of hydrogen-bond donors (Lipinski definition) is 2. The number of aromatic nitrogens is 1. The number of rotatable bonds is 7. The molecule has 172 valence electrons. The van der Waals surface area contributed by atoms with E-state index in [9.17, 15) is 9.59 Å². The Labute approximate surface area is 197 Å². The van der Waals surface area contributed by atoms with E-state index in [1.165, 1.54) is 11.5 Å². The number of nitrogens with zero attached hydrogens (tertiary/aromatic N) is 2. The second-order valence-electron chi connectivity index (χ2n) is 8.23. The molecule has 0 radical (unpaired) electrons. The minimum absolute atomic E-state index is 0.205. The van der Waals surface area contributed by atoms with Gasteiger partial charge in [-0.05, 0) is 60.5 Å². The summed E-state index contributed by atoms with van der Waals surface area (Å²) in [6.45, 7) is 3.78. The van der Waals surface area contributed by atoms with E-state index >= 15 is 0 Å². The second-order valence-corrected chi connectivity index (χ2v) is 9.01. The van der Waals surface area contributed by atoms with Gasteiger partial charge in [0.15, 0.2) is 0 Å². The first-order chi connectivity index (χ1) is 16.0. The molecule has 1 aliphatic rings. The van der Waals surface area contributed by atoms with E-state index in [1.54, 1.807) is 0 Å². The number of aliphatic carboxylic acids is 1. The fraction of sp³-hybridized carbons (Fsp3) is 0.320. The van der Waals surface area contributed by atoms with Gasteiger partial charge in [-0.1, -0.05) is 42.5 Å². The minimum atomic E-state index is -0.717. The van der Waals surface area contributed by atoms with Gasteiger partial charge in [-0.25, -0.2) is 4.79 Å². The molecule has 1 saturated heterocycles. The summed E-state index contributed by atoms with van der Waals surface area (Å²) in [5, 5.41) is 11.9. The summed E-state index contributed by atoms with van der Waals surface area (Å²) in [5.74, 6) is -0.459. The van der Waals surface area contributed by atoms with E-state index < -0.39 is 12.1 Å². The van der Waals surface area contributed by atoms with Crippen molar-refractivity contribution in [2.24, 2.45) is 5.92 Å². The van der Waals surface area contributed by atoms with Crippen molar-refractivity contribution in [1.29, 1.82) is 0 Å². The quantitative estimate of drug-likeness (QED) is 0.475. The Morgan fingerprint density at radius 1 is 1.12 bits per heavy atom. The summed E-state index contributed by atoms with van der Waals surface area (Å²) in [6.07, 6.45) is 1.52. The van der Waals surface area contributed by atoms with Crippen molar-refractivity contribution in [1.82, 2.24) is 4.37 Å². The average molecular weight is 466 g/mol. The number of carboxylic acids is 1. The number of ether oxygens (including phenoxy) is 1. The molecule has 33 heavy (non-hydrogen) atoms. The van der Waals surface area contributed by atoms with Crippen molar-refractivity contribution < 1.29 is 19.4 Å². The average Bonchev–Trinajstić information content (AvgIpc) is 3.18. The SMILES string of the molecule is Cc1nsc(-c2ccc(N3CCC(CC(=O)O)CC3)cc2)c1NC(=O)OCc1ccccc1. The Hall–Kier alpha value is -3.39. The van der Waals surface area contributed by atoms with Crippen LogP contribution in [0, 0.1) is 12.8 Å². The van der Waals surface area contributed by atoms with Crippen LogP contribution in [0.25, 0.3) is 10.4 Å².